The molecule has 0 atom stereocenters. The molecule has 124 valence electrons. The quantitative estimate of drug-likeness (QED) is 0.673. The first-order chi connectivity index (χ1) is 11.8. The number of nitrogens with zero attached hydrogens (tertiary/aromatic N) is 3. The van der Waals surface area contributed by atoms with Crippen molar-refractivity contribution in [3.63, 3.8) is 0 Å². The van der Waals surface area contributed by atoms with Crippen LogP contribution in [0.3, 0.4) is 0 Å². The molecule has 1 heterocycles. The molecule has 24 heavy (non-hydrogen) atoms. The Labute approximate surface area is 143 Å². The third-order valence-electron chi connectivity index (χ3n) is 4.06. The molecule has 0 radical (unpaired) electrons. The zero-order chi connectivity index (χ0) is 16.8. The molecule has 0 aliphatic carbocycles. The van der Waals surface area contributed by atoms with Crippen LogP contribution in [-0.4, -0.2) is 21.5 Å². The summed E-state index contributed by atoms with van der Waals surface area (Å²) in [6, 6.07) is 18.7. The SMILES string of the molecule is CCCNCc1nn(Cc2ccccc2C)nc1-c1ccccc1. The van der Waals surface area contributed by atoms with Gasteiger partial charge in [0.25, 0.3) is 0 Å². The van der Waals surface area contributed by atoms with Gasteiger partial charge in [0.2, 0.25) is 0 Å². The molecule has 0 aliphatic heterocycles. The van der Waals surface area contributed by atoms with E-state index < -0.39 is 0 Å². The largest absolute Gasteiger partial charge is 0.311 e. The van der Waals surface area contributed by atoms with Gasteiger partial charge in [-0.25, -0.2) is 0 Å². The predicted octanol–water partition coefficient (Wildman–Crippen LogP) is 3.80. The van der Waals surface area contributed by atoms with E-state index in [1.807, 2.05) is 23.0 Å². The molecule has 3 rings (SSSR count). The van der Waals surface area contributed by atoms with E-state index in [2.05, 4.69) is 55.6 Å². The molecule has 0 saturated carbocycles. The van der Waals surface area contributed by atoms with Gasteiger partial charge >= 0.3 is 0 Å². The van der Waals surface area contributed by atoms with Crippen molar-refractivity contribution in [2.45, 2.75) is 33.4 Å². The first-order valence-electron chi connectivity index (χ1n) is 8.52. The molecule has 2 aromatic carbocycles. The second-order valence-electron chi connectivity index (χ2n) is 5.99. The summed E-state index contributed by atoms with van der Waals surface area (Å²) in [5, 5.41) is 12.9. The van der Waals surface area contributed by atoms with Crippen molar-refractivity contribution in [2.75, 3.05) is 6.54 Å². The summed E-state index contributed by atoms with van der Waals surface area (Å²) in [6.07, 6.45) is 1.11. The molecule has 4 nitrogen and oxygen atoms in total. The number of rotatable bonds is 7. The van der Waals surface area contributed by atoms with Gasteiger partial charge in [-0.05, 0) is 31.0 Å². The van der Waals surface area contributed by atoms with E-state index in [-0.39, 0.29) is 0 Å². The summed E-state index contributed by atoms with van der Waals surface area (Å²) in [5.74, 6) is 0. The zero-order valence-corrected chi connectivity index (χ0v) is 14.4. The fourth-order valence-electron chi connectivity index (χ4n) is 2.72. The van der Waals surface area contributed by atoms with E-state index in [4.69, 9.17) is 10.2 Å². The summed E-state index contributed by atoms with van der Waals surface area (Å²) in [6.45, 7) is 6.71. The van der Waals surface area contributed by atoms with E-state index in [9.17, 15) is 0 Å². The maximum atomic E-state index is 4.76. The van der Waals surface area contributed by atoms with Gasteiger partial charge in [0.05, 0.1) is 6.54 Å². The van der Waals surface area contributed by atoms with Gasteiger partial charge in [0.1, 0.15) is 11.4 Å². The highest BCUT2D eigenvalue weighted by atomic mass is 15.5. The Morgan fingerprint density at radius 3 is 2.46 bits per heavy atom. The van der Waals surface area contributed by atoms with Crippen LogP contribution in [0, 0.1) is 6.92 Å². The van der Waals surface area contributed by atoms with Gasteiger partial charge in [0.15, 0.2) is 0 Å². The fourth-order valence-corrected chi connectivity index (χ4v) is 2.72. The highest BCUT2D eigenvalue weighted by Gasteiger charge is 2.13. The van der Waals surface area contributed by atoms with Crippen LogP contribution in [0.2, 0.25) is 0 Å². The van der Waals surface area contributed by atoms with E-state index >= 15 is 0 Å². The Morgan fingerprint density at radius 2 is 1.71 bits per heavy atom. The van der Waals surface area contributed by atoms with Gasteiger partial charge in [-0.3, -0.25) is 0 Å². The van der Waals surface area contributed by atoms with Crippen LogP contribution >= 0.6 is 0 Å². The lowest BCUT2D eigenvalue weighted by atomic mass is 10.1. The van der Waals surface area contributed by atoms with Crippen molar-refractivity contribution in [1.29, 1.82) is 0 Å². The molecule has 0 fully saturated rings. The zero-order valence-electron chi connectivity index (χ0n) is 14.4. The third-order valence-corrected chi connectivity index (χ3v) is 4.06. The molecule has 0 amide bonds. The maximum absolute atomic E-state index is 4.76. The molecule has 0 unspecified atom stereocenters. The lowest BCUT2D eigenvalue weighted by molar-refractivity contribution is 0.574. The third kappa shape index (κ3) is 3.89. The summed E-state index contributed by atoms with van der Waals surface area (Å²) in [7, 11) is 0. The minimum Gasteiger partial charge on any atom is -0.311 e. The Bertz CT molecular complexity index is 777. The van der Waals surface area contributed by atoms with Gasteiger partial charge in [-0.15, -0.1) is 0 Å². The lowest BCUT2D eigenvalue weighted by Gasteiger charge is -2.04. The molecule has 1 aromatic heterocycles. The molecular formula is C20H24N4. The van der Waals surface area contributed by atoms with Crippen molar-refractivity contribution in [2.24, 2.45) is 0 Å². The van der Waals surface area contributed by atoms with E-state index in [1.54, 1.807) is 0 Å². The molecular weight excluding hydrogens is 296 g/mol. The summed E-state index contributed by atoms with van der Waals surface area (Å²) >= 11 is 0. The van der Waals surface area contributed by atoms with Crippen molar-refractivity contribution < 1.29 is 0 Å². The normalized spacial score (nSPS) is 10.9. The second kappa shape index (κ2) is 7.88. The number of aromatic nitrogens is 3. The van der Waals surface area contributed by atoms with Crippen molar-refractivity contribution in [3.8, 4) is 11.3 Å². The number of hydrogen-bond donors (Lipinski definition) is 1. The van der Waals surface area contributed by atoms with Crippen LogP contribution in [0.4, 0.5) is 0 Å². The Hall–Kier alpha value is -2.46. The predicted molar refractivity (Wildman–Crippen MR) is 97.7 cm³/mol. The van der Waals surface area contributed by atoms with Crippen LogP contribution in [0.25, 0.3) is 11.3 Å². The topological polar surface area (TPSA) is 42.7 Å². The first-order valence-corrected chi connectivity index (χ1v) is 8.52. The van der Waals surface area contributed by atoms with Crippen molar-refractivity contribution in [1.82, 2.24) is 20.3 Å². The lowest BCUT2D eigenvalue weighted by Crippen LogP contribution is -2.15. The monoisotopic (exact) mass is 320 g/mol. The average molecular weight is 320 g/mol. The highest BCUT2D eigenvalue weighted by molar-refractivity contribution is 5.60. The minimum absolute atomic E-state index is 0.695. The first kappa shape index (κ1) is 16.4. The summed E-state index contributed by atoms with van der Waals surface area (Å²) < 4.78 is 0. The van der Waals surface area contributed by atoms with Crippen LogP contribution in [-0.2, 0) is 13.1 Å². The van der Waals surface area contributed by atoms with E-state index in [0.717, 1.165) is 36.5 Å². The number of aryl methyl sites for hydroxylation is 1. The molecule has 1 N–H and O–H groups in total. The molecule has 3 aromatic rings. The fraction of sp³-hybridized carbons (Fsp3) is 0.300. The number of hydrogen-bond acceptors (Lipinski definition) is 3. The molecule has 0 saturated heterocycles. The number of benzene rings is 2. The van der Waals surface area contributed by atoms with Crippen LogP contribution in [0.5, 0.6) is 0 Å². The Balaban J connectivity index is 1.89. The van der Waals surface area contributed by atoms with Crippen molar-refractivity contribution in [3.05, 3.63) is 71.4 Å². The highest BCUT2D eigenvalue weighted by Crippen LogP contribution is 2.20. The van der Waals surface area contributed by atoms with E-state index in [1.165, 1.54) is 11.1 Å². The second-order valence-corrected chi connectivity index (χ2v) is 5.99. The van der Waals surface area contributed by atoms with E-state index in [0.29, 0.717) is 6.54 Å². The molecule has 0 bridgehead atoms. The van der Waals surface area contributed by atoms with Crippen LogP contribution in [0.1, 0.15) is 30.2 Å². The average Bonchev–Trinajstić information content (AvgIpc) is 3.01. The van der Waals surface area contributed by atoms with Gasteiger partial charge in [0, 0.05) is 12.1 Å². The smallest absolute Gasteiger partial charge is 0.117 e. The number of nitrogens with one attached hydrogen (secondary N) is 1. The summed E-state index contributed by atoms with van der Waals surface area (Å²) in [5.41, 5.74) is 5.60. The molecule has 4 heteroatoms. The van der Waals surface area contributed by atoms with Crippen LogP contribution < -0.4 is 5.32 Å². The Morgan fingerprint density at radius 1 is 0.958 bits per heavy atom. The van der Waals surface area contributed by atoms with Gasteiger partial charge in [-0.2, -0.15) is 15.0 Å². The maximum Gasteiger partial charge on any atom is 0.117 e. The summed E-state index contributed by atoms with van der Waals surface area (Å²) in [4.78, 5) is 1.81. The Kier molecular flexibility index (Phi) is 5.39. The van der Waals surface area contributed by atoms with Gasteiger partial charge < -0.3 is 5.32 Å². The van der Waals surface area contributed by atoms with Crippen molar-refractivity contribution >= 4 is 0 Å². The molecule has 0 aliphatic rings. The standard InChI is InChI=1S/C20H24N4/c1-3-13-21-14-19-20(17-10-5-4-6-11-17)23-24(22-19)15-18-12-8-7-9-16(18)2/h4-12,21H,3,13-15H2,1-2H3. The van der Waals surface area contributed by atoms with Crippen LogP contribution in [0.15, 0.2) is 54.6 Å². The molecule has 0 spiro atoms. The van der Waals surface area contributed by atoms with Gasteiger partial charge in [-0.1, -0.05) is 61.5 Å². The minimum atomic E-state index is 0.695.